The summed E-state index contributed by atoms with van der Waals surface area (Å²) >= 11 is 0. The lowest BCUT2D eigenvalue weighted by atomic mass is 10.1. The third-order valence-electron chi connectivity index (χ3n) is 4.65. The Kier molecular flexibility index (Phi) is 4.64. The first kappa shape index (κ1) is 18.2. The van der Waals surface area contributed by atoms with Crippen LogP contribution in [0.15, 0.2) is 42.4 Å². The van der Waals surface area contributed by atoms with E-state index < -0.39 is 44.9 Å². The summed E-state index contributed by atoms with van der Waals surface area (Å²) in [5.41, 5.74) is 0.543. The number of carbonyl (C=O) groups excluding carboxylic acids is 1. The molecule has 1 unspecified atom stereocenters. The predicted molar refractivity (Wildman–Crippen MR) is 104 cm³/mol. The highest BCUT2D eigenvalue weighted by Gasteiger charge is 2.51. The van der Waals surface area contributed by atoms with Gasteiger partial charge >= 0.3 is 7.82 Å². The van der Waals surface area contributed by atoms with Crippen molar-refractivity contribution in [3.63, 3.8) is 0 Å². The minimum absolute atomic E-state index is 0.0218. The number of phosphoric acid groups is 1. The van der Waals surface area contributed by atoms with Gasteiger partial charge in [-0.25, -0.2) is 8.96 Å². The van der Waals surface area contributed by atoms with Crippen molar-refractivity contribution < 1.29 is 46.0 Å². The van der Waals surface area contributed by atoms with Crippen molar-refractivity contribution in [3.05, 3.63) is 47.9 Å². The molecule has 31 heavy (non-hydrogen) atoms. The number of para-hydroxylation sites is 1. The Morgan fingerprint density at radius 3 is 3.10 bits per heavy atom. The van der Waals surface area contributed by atoms with E-state index >= 15 is 4.39 Å². The maximum atomic E-state index is 15.8. The molecule has 1 amide bonds. The highest BCUT2D eigenvalue weighted by molar-refractivity contribution is 7.49. The standard InChI is InChI=1S/C19H22FN2O8P/c1-11-8-22(12(2)21-17(11)24)18-14(23)7-19(20,29-18)10-28-31(25)27-9-13-5-4-6-15(26-3)16(13)30-31/h4-6,8,14,18,23H,2,7,9-10H2,1,3H3,(H,21,24)/t14-,18-,19+,31?/m1/s1/i10D2,18D. The Balaban J connectivity index is 1.60. The zero-order chi connectivity index (χ0) is 25.1. The van der Waals surface area contributed by atoms with Crippen LogP contribution in [0, 0.1) is 0 Å². The van der Waals surface area contributed by atoms with E-state index in [2.05, 4.69) is 11.9 Å². The number of phosphoric ester groups is 1. The van der Waals surface area contributed by atoms with Crippen LogP contribution in [-0.4, -0.2) is 47.7 Å². The van der Waals surface area contributed by atoms with Crippen molar-refractivity contribution in [2.24, 2.45) is 0 Å². The van der Waals surface area contributed by atoms with E-state index in [1.165, 1.54) is 20.1 Å². The Bertz CT molecular complexity index is 1120. The minimum Gasteiger partial charge on any atom is -0.493 e. The first-order valence-electron chi connectivity index (χ1n) is 10.6. The molecular weight excluding hydrogens is 434 g/mol. The van der Waals surface area contributed by atoms with Crippen molar-refractivity contribution >= 4 is 13.7 Å². The molecule has 168 valence electrons. The van der Waals surface area contributed by atoms with E-state index in [-0.39, 0.29) is 29.5 Å². The van der Waals surface area contributed by atoms with E-state index in [1.807, 2.05) is 0 Å². The van der Waals surface area contributed by atoms with Crippen molar-refractivity contribution in [1.82, 2.24) is 10.2 Å². The van der Waals surface area contributed by atoms with Crippen molar-refractivity contribution in [2.75, 3.05) is 13.7 Å². The highest BCUT2D eigenvalue weighted by Crippen LogP contribution is 2.57. The molecule has 1 saturated heterocycles. The van der Waals surface area contributed by atoms with Gasteiger partial charge in [0.2, 0.25) is 5.85 Å². The summed E-state index contributed by atoms with van der Waals surface area (Å²) in [6.07, 6.45) is -4.57. The largest absolute Gasteiger partial charge is 0.530 e. The van der Waals surface area contributed by atoms with Crippen LogP contribution in [0.1, 0.15) is 23.0 Å². The molecule has 0 aromatic heterocycles. The Morgan fingerprint density at radius 2 is 2.35 bits per heavy atom. The fourth-order valence-electron chi connectivity index (χ4n) is 3.10. The second-order valence-electron chi connectivity index (χ2n) is 6.93. The van der Waals surface area contributed by atoms with Gasteiger partial charge in [0.1, 0.15) is 18.5 Å². The first-order chi connectivity index (χ1) is 15.7. The highest BCUT2D eigenvalue weighted by atomic mass is 31.2. The maximum Gasteiger partial charge on any atom is 0.530 e. The number of rotatable bonds is 5. The molecule has 0 aliphatic carbocycles. The van der Waals surface area contributed by atoms with Gasteiger partial charge in [-0.2, -0.15) is 0 Å². The van der Waals surface area contributed by atoms with Crippen molar-refractivity contribution in [3.8, 4) is 11.5 Å². The molecule has 10 nitrogen and oxygen atoms in total. The Hall–Kier alpha value is -2.43. The maximum absolute atomic E-state index is 15.8. The molecule has 1 fully saturated rings. The number of carbonyl (C=O) groups is 1. The smallest absolute Gasteiger partial charge is 0.493 e. The van der Waals surface area contributed by atoms with Gasteiger partial charge in [-0.1, -0.05) is 18.7 Å². The molecule has 1 aromatic carbocycles. The average Bonchev–Trinajstić information content (AvgIpc) is 3.00. The predicted octanol–water partition coefficient (Wildman–Crippen LogP) is 2.31. The van der Waals surface area contributed by atoms with Gasteiger partial charge in [0.25, 0.3) is 5.91 Å². The molecule has 0 spiro atoms. The summed E-state index contributed by atoms with van der Waals surface area (Å²) in [4.78, 5) is 12.6. The lowest BCUT2D eigenvalue weighted by Crippen LogP contribution is -2.46. The zero-order valence-corrected chi connectivity index (χ0v) is 17.5. The van der Waals surface area contributed by atoms with Gasteiger partial charge in [0.05, 0.1) is 17.8 Å². The van der Waals surface area contributed by atoms with Gasteiger partial charge in [-0.15, -0.1) is 0 Å². The third kappa shape index (κ3) is 4.19. The molecule has 1 aromatic rings. The number of benzene rings is 1. The van der Waals surface area contributed by atoms with E-state index in [1.54, 1.807) is 12.1 Å². The number of nitrogens with one attached hydrogen (secondary N) is 1. The summed E-state index contributed by atoms with van der Waals surface area (Å²) in [6.45, 7) is 1.13. The van der Waals surface area contributed by atoms with E-state index in [0.29, 0.717) is 5.56 Å². The molecule has 3 heterocycles. The van der Waals surface area contributed by atoms with Gasteiger partial charge < -0.3 is 29.3 Å². The van der Waals surface area contributed by atoms with Crippen LogP contribution < -0.4 is 14.6 Å². The number of aliphatic hydroxyl groups excluding tert-OH is 1. The van der Waals surface area contributed by atoms with Gasteiger partial charge in [0.15, 0.2) is 17.7 Å². The summed E-state index contributed by atoms with van der Waals surface area (Å²) in [5, 5.41) is 12.8. The number of methoxy groups -OCH3 is 1. The molecular formula is C19H22FN2O8P. The number of hydrogen-bond donors (Lipinski definition) is 2. The molecule has 3 aliphatic heterocycles. The summed E-state index contributed by atoms with van der Waals surface area (Å²) in [7, 11) is -3.41. The van der Waals surface area contributed by atoms with Crippen molar-refractivity contribution in [2.45, 2.75) is 38.1 Å². The number of hydrogen-bond acceptors (Lipinski definition) is 9. The van der Waals surface area contributed by atoms with Crippen LogP contribution >= 0.6 is 7.82 Å². The topological polar surface area (TPSA) is 116 Å². The first-order valence-corrected chi connectivity index (χ1v) is 10.6. The van der Waals surface area contributed by atoms with Crippen molar-refractivity contribution in [1.29, 1.82) is 0 Å². The van der Waals surface area contributed by atoms with E-state index in [9.17, 15) is 14.5 Å². The summed E-state index contributed by atoms with van der Waals surface area (Å²) < 4.78 is 79.1. The molecule has 3 aliphatic rings. The molecule has 4 atom stereocenters. The van der Waals surface area contributed by atoms with Crippen LogP contribution in [0.3, 0.4) is 0 Å². The van der Waals surface area contributed by atoms with Crippen LogP contribution in [0.2, 0.25) is 0 Å². The monoisotopic (exact) mass is 459 g/mol. The normalized spacial score (nSPS) is 37.0. The number of halogens is 1. The fourth-order valence-corrected chi connectivity index (χ4v) is 4.21. The third-order valence-corrected chi connectivity index (χ3v) is 5.81. The molecule has 0 bridgehead atoms. The molecule has 12 heteroatoms. The molecule has 0 radical (unpaired) electrons. The lowest BCUT2D eigenvalue weighted by molar-refractivity contribution is -0.184. The molecule has 0 saturated carbocycles. The number of ether oxygens (including phenoxy) is 2. The van der Waals surface area contributed by atoms with Gasteiger partial charge in [-0.3, -0.25) is 13.8 Å². The molecule has 4 rings (SSSR count). The van der Waals surface area contributed by atoms with E-state index in [0.717, 1.165) is 11.1 Å². The van der Waals surface area contributed by atoms with E-state index in [4.69, 9.17) is 27.2 Å². The minimum atomic E-state index is -4.74. The van der Waals surface area contributed by atoms with Crippen LogP contribution in [-0.2, 0) is 29.8 Å². The number of alkyl halides is 1. The Morgan fingerprint density at radius 1 is 1.58 bits per heavy atom. The SMILES string of the molecule is [2H]C([2H])(OP1(=O)OCc2cccc(OC)c2O1)[C@]1(F)C[C@@H](O)[C@]([2H])(N2C=C(C)C(=O)NC2=C)O1. The lowest BCUT2D eigenvalue weighted by Gasteiger charge is -2.34. The fraction of sp³-hybridized carbons (Fsp3) is 0.421. The number of amides is 1. The number of aliphatic hydroxyl groups is 1. The summed E-state index contributed by atoms with van der Waals surface area (Å²) in [5.74, 6) is -4.06. The average molecular weight is 459 g/mol. The van der Waals surface area contributed by atoms with Gasteiger partial charge in [-0.05, 0) is 13.0 Å². The second kappa shape index (κ2) is 7.92. The van der Waals surface area contributed by atoms with Crippen LogP contribution in [0.25, 0.3) is 0 Å². The quantitative estimate of drug-likeness (QED) is 0.640. The number of fused-ring (bicyclic) bond motifs is 1. The van der Waals surface area contributed by atoms with Crippen LogP contribution in [0.5, 0.6) is 11.5 Å². The molecule has 2 N–H and O–H groups in total. The van der Waals surface area contributed by atoms with Gasteiger partial charge in [0, 0.05) is 23.8 Å². The summed E-state index contributed by atoms with van der Waals surface area (Å²) in [6, 6.07) is 4.73. The van der Waals surface area contributed by atoms with Crippen LogP contribution in [0.4, 0.5) is 4.39 Å². The zero-order valence-electron chi connectivity index (χ0n) is 19.6. The Labute approximate surface area is 182 Å². The second-order valence-corrected chi connectivity index (χ2v) is 8.44. The number of nitrogens with zero attached hydrogens (tertiary/aromatic N) is 1.